The molecule has 0 spiro atoms. The van der Waals surface area contributed by atoms with Crippen molar-refractivity contribution in [1.29, 1.82) is 0 Å². The first-order chi connectivity index (χ1) is 22.5. The van der Waals surface area contributed by atoms with Gasteiger partial charge in [-0.3, -0.25) is 0 Å². The summed E-state index contributed by atoms with van der Waals surface area (Å²) in [5, 5.41) is 13.0. The molecule has 5 rings (SSSR count). The molecule has 1 aliphatic carbocycles. The Bertz CT molecular complexity index is 1530. The quantitative estimate of drug-likeness (QED) is 0.103. The van der Waals surface area contributed by atoms with Gasteiger partial charge in [-0.2, -0.15) is 0 Å². The van der Waals surface area contributed by atoms with E-state index in [1.54, 1.807) is 0 Å². The van der Waals surface area contributed by atoms with Crippen LogP contribution < -0.4 is 9.47 Å². The molecule has 4 aromatic carbocycles. The molecule has 0 aliphatic heterocycles. The molecule has 0 unspecified atom stereocenters. The number of aliphatic hydroxyl groups is 1. The van der Waals surface area contributed by atoms with Gasteiger partial charge in [-0.25, -0.2) is 0 Å². The van der Waals surface area contributed by atoms with Gasteiger partial charge in [-0.05, 0) is 83.6 Å². The highest BCUT2D eigenvalue weighted by Gasteiger charge is 2.45. The van der Waals surface area contributed by atoms with Gasteiger partial charge in [0.05, 0.1) is 13.2 Å². The van der Waals surface area contributed by atoms with Crippen LogP contribution >= 0.6 is 31.9 Å². The number of unbranched alkanes of at least 4 members (excludes halogenated alkanes) is 10. The fraction of sp³-hybridized carbons (Fsp3) is 0.415. The average Bonchev–Trinajstić information content (AvgIpc) is 3.31. The van der Waals surface area contributed by atoms with Crippen LogP contribution in [0.2, 0.25) is 0 Å². The van der Waals surface area contributed by atoms with Crippen molar-refractivity contribution >= 4 is 31.9 Å². The largest absolute Gasteiger partial charge is 0.494 e. The van der Waals surface area contributed by atoms with Crippen LogP contribution in [0.3, 0.4) is 0 Å². The van der Waals surface area contributed by atoms with Crippen LogP contribution in [0, 0.1) is 0 Å². The highest BCUT2D eigenvalue weighted by molar-refractivity contribution is 9.10. The Morgan fingerprint density at radius 1 is 0.522 bits per heavy atom. The van der Waals surface area contributed by atoms with Crippen LogP contribution in [-0.4, -0.2) is 18.3 Å². The van der Waals surface area contributed by atoms with E-state index in [4.69, 9.17) is 9.47 Å². The number of halogens is 2. The lowest BCUT2D eigenvalue weighted by Gasteiger charge is -2.30. The van der Waals surface area contributed by atoms with Gasteiger partial charge in [0.15, 0.2) is 0 Å². The molecule has 0 radical (unpaired) electrons. The van der Waals surface area contributed by atoms with Crippen LogP contribution in [-0.2, 0) is 5.60 Å². The molecular weight excluding hydrogens is 700 g/mol. The Kier molecular flexibility index (Phi) is 12.8. The SMILES string of the molecule is CCCCCCCCOc1cccc(-c2cc(OCCCCCCCC)ccc2C2(O)c3cc(Br)ccc3-c3ccc(Br)cc32)c1. The normalized spacial score (nSPS) is 13.0. The van der Waals surface area contributed by atoms with Crippen molar-refractivity contribution in [3.8, 4) is 33.8 Å². The number of benzene rings is 4. The van der Waals surface area contributed by atoms with Gasteiger partial charge >= 0.3 is 0 Å². The second-order valence-electron chi connectivity index (χ2n) is 12.6. The molecule has 1 N–H and O–H groups in total. The number of hydrogen-bond acceptors (Lipinski definition) is 3. The highest BCUT2D eigenvalue weighted by Crippen LogP contribution is 2.54. The molecule has 0 saturated carbocycles. The molecule has 0 aromatic heterocycles. The van der Waals surface area contributed by atoms with E-state index >= 15 is 0 Å². The molecule has 244 valence electrons. The molecule has 0 fully saturated rings. The van der Waals surface area contributed by atoms with Gasteiger partial charge in [0.25, 0.3) is 0 Å². The zero-order valence-corrected chi connectivity index (χ0v) is 30.6. The minimum atomic E-state index is -1.36. The maximum absolute atomic E-state index is 13.0. The van der Waals surface area contributed by atoms with Crippen molar-refractivity contribution in [2.45, 2.75) is 96.5 Å². The van der Waals surface area contributed by atoms with Crippen LogP contribution in [0.25, 0.3) is 22.3 Å². The molecular formula is C41H48Br2O3. The summed E-state index contributed by atoms with van der Waals surface area (Å²) >= 11 is 7.36. The van der Waals surface area contributed by atoms with E-state index in [1.807, 2.05) is 30.3 Å². The lowest BCUT2D eigenvalue weighted by Crippen LogP contribution is -2.27. The predicted octanol–water partition coefficient (Wildman–Crippen LogP) is 12.6. The second kappa shape index (κ2) is 17.0. The standard InChI is InChI=1S/C41H48Br2O3/c1-3-5-7-9-11-13-24-45-33-17-15-16-30(26-33)37-29-34(46-25-14-12-10-8-6-4-2)20-23-38(37)41(44)39-27-31(42)18-21-35(39)36-22-19-32(43)28-40(36)41/h15-23,26-29,44H,3-14,24-25H2,1-2H3. The van der Waals surface area contributed by atoms with Gasteiger partial charge in [-0.1, -0.05) is 140 Å². The molecule has 5 heteroatoms. The minimum absolute atomic E-state index is 0.683. The first-order valence-corrected chi connectivity index (χ1v) is 18.9. The summed E-state index contributed by atoms with van der Waals surface area (Å²) < 4.78 is 14.4. The molecule has 0 amide bonds. The molecule has 0 atom stereocenters. The fourth-order valence-electron chi connectivity index (χ4n) is 6.60. The Morgan fingerprint density at radius 2 is 1.04 bits per heavy atom. The summed E-state index contributed by atoms with van der Waals surface area (Å²) in [6, 6.07) is 26.8. The Morgan fingerprint density at radius 3 is 1.61 bits per heavy atom. The van der Waals surface area contributed by atoms with Crippen LogP contribution in [0.4, 0.5) is 0 Å². The number of hydrogen-bond donors (Lipinski definition) is 1. The molecule has 0 heterocycles. The van der Waals surface area contributed by atoms with Crippen LogP contribution in [0.5, 0.6) is 11.5 Å². The summed E-state index contributed by atoms with van der Waals surface area (Å²) in [6.45, 7) is 5.89. The van der Waals surface area contributed by atoms with E-state index in [2.05, 4.69) is 94.2 Å². The molecule has 46 heavy (non-hydrogen) atoms. The van der Waals surface area contributed by atoms with E-state index in [9.17, 15) is 5.11 Å². The van der Waals surface area contributed by atoms with Gasteiger partial charge in [-0.15, -0.1) is 0 Å². The van der Waals surface area contributed by atoms with E-state index < -0.39 is 5.60 Å². The molecule has 1 aliphatic rings. The van der Waals surface area contributed by atoms with Crippen molar-refractivity contribution < 1.29 is 14.6 Å². The Hall–Kier alpha value is -2.60. The first kappa shape index (κ1) is 34.7. The monoisotopic (exact) mass is 746 g/mol. The minimum Gasteiger partial charge on any atom is -0.494 e. The third-order valence-electron chi connectivity index (χ3n) is 9.09. The smallest absolute Gasteiger partial charge is 0.142 e. The maximum atomic E-state index is 13.0. The van der Waals surface area contributed by atoms with Crippen molar-refractivity contribution in [2.24, 2.45) is 0 Å². The molecule has 0 saturated heterocycles. The number of rotatable bonds is 18. The average molecular weight is 749 g/mol. The second-order valence-corrected chi connectivity index (χ2v) is 14.4. The first-order valence-electron chi connectivity index (χ1n) is 17.3. The summed E-state index contributed by atoms with van der Waals surface area (Å²) in [5.41, 5.74) is 5.21. The van der Waals surface area contributed by atoms with E-state index in [0.717, 1.165) is 72.2 Å². The Labute approximate surface area is 293 Å². The number of ether oxygens (including phenoxy) is 2. The van der Waals surface area contributed by atoms with Crippen molar-refractivity contribution in [3.05, 3.63) is 104 Å². The van der Waals surface area contributed by atoms with Gasteiger partial charge < -0.3 is 14.6 Å². The third-order valence-corrected chi connectivity index (χ3v) is 10.1. The topological polar surface area (TPSA) is 38.7 Å². The Balaban J connectivity index is 1.48. The third kappa shape index (κ3) is 8.27. The van der Waals surface area contributed by atoms with Crippen LogP contribution in [0.1, 0.15) is 108 Å². The number of fused-ring (bicyclic) bond motifs is 3. The summed E-state index contributed by atoms with van der Waals surface area (Å²) in [6.07, 6.45) is 14.7. The van der Waals surface area contributed by atoms with Crippen molar-refractivity contribution in [2.75, 3.05) is 13.2 Å². The lowest BCUT2D eigenvalue weighted by atomic mass is 9.80. The zero-order chi connectivity index (χ0) is 32.4. The lowest BCUT2D eigenvalue weighted by molar-refractivity contribution is 0.131. The van der Waals surface area contributed by atoms with E-state index in [-0.39, 0.29) is 0 Å². The highest BCUT2D eigenvalue weighted by atomic mass is 79.9. The van der Waals surface area contributed by atoms with Crippen molar-refractivity contribution in [3.63, 3.8) is 0 Å². The van der Waals surface area contributed by atoms with Gasteiger partial charge in [0.2, 0.25) is 0 Å². The fourth-order valence-corrected chi connectivity index (χ4v) is 7.32. The summed E-state index contributed by atoms with van der Waals surface area (Å²) in [5.74, 6) is 1.66. The maximum Gasteiger partial charge on any atom is 0.142 e. The molecule has 3 nitrogen and oxygen atoms in total. The summed E-state index contributed by atoms with van der Waals surface area (Å²) in [7, 11) is 0. The van der Waals surface area contributed by atoms with Gasteiger partial charge in [0, 0.05) is 25.6 Å². The van der Waals surface area contributed by atoms with Gasteiger partial charge in [0.1, 0.15) is 17.1 Å². The van der Waals surface area contributed by atoms with E-state index in [1.165, 1.54) is 64.2 Å². The molecule has 4 aromatic rings. The van der Waals surface area contributed by atoms with Crippen molar-refractivity contribution in [1.82, 2.24) is 0 Å². The van der Waals surface area contributed by atoms with E-state index in [0.29, 0.717) is 13.2 Å². The van der Waals surface area contributed by atoms with Crippen LogP contribution in [0.15, 0.2) is 87.8 Å². The summed E-state index contributed by atoms with van der Waals surface area (Å²) in [4.78, 5) is 0. The molecule has 0 bridgehead atoms. The zero-order valence-electron chi connectivity index (χ0n) is 27.4. The predicted molar refractivity (Wildman–Crippen MR) is 199 cm³/mol.